The second kappa shape index (κ2) is 9.72. The number of ether oxygens (including phenoxy) is 1. The Kier molecular flexibility index (Phi) is 7.27. The fraction of sp³-hybridized carbons (Fsp3) is 0.500. The number of benzene rings is 1. The van der Waals surface area contributed by atoms with E-state index in [4.69, 9.17) is 4.74 Å². The van der Waals surface area contributed by atoms with Crippen LogP contribution in [0.3, 0.4) is 0 Å². The number of hydrogen-bond donors (Lipinski definition) is 6. The van der Waals surface area contributed by atoms with E-state index in [2.05, 4.69) is 10.3 Å². The second-order valence-electron chi connectivity index (χ2n) is 7.50. The highest BCUT2D eigenvalue weighted by atomic mass is 16.5. The van der Waals surface area contributed by atoms with Crippen LogP contribution in [0.5, 0.6) is 0 Å². The van der Waals surface area contributed by atoms with E-state index in [1.165, 1.54) is 0 Å². The van der Waals surface area contributed by atoms with Gasteiger partial charge in [-0.1, -0.05) is 12.1 Å². The van der Waals surface area contributed by atoms with Crippen molar-refractivity contribution in [2.75, 3.05) is 13.7 Å². The number of aromatic nitrogens is 1. The molecular formula is C22H30N2O6. The smallest absolute Gasteiger partial charge is 0.355 e. The molecule has 1 aromatic heterocycles. The maximum Gasteiger partial charge on any atom is 0.355 e. The zero-order chi connectivity index (χ0) is 21.8. The summed E-state index contributed by atoms with van der Waals surface area (Å²) in [5.74, 6) is -0.488. The van der Waals surface area contributed by atoms with Crippen molar-refractivity contribution in [3.8, 4) is 11.1 Å². The predicted molar refractivity (Wildman–Crippen MR) is 110 cm³/mol. The minimum absolute atomic E-state index is 0.0572. The average Bonchev–Trinajstić information content (AvgIpc) is 3.53. The Morgan fingerprint density at radius 1 is 1.20 bits per heavy atom. The molecule has 1 atom stereocenters. The van der Waals surface area contributed by atoms with Gasteiger partial charge in [-0.05, 0) is 55.0 Å². The highest BCUT2D eigenvalue weighted by Gasteiger charge is 2.38. The Labute approximate surface area is 175 Å². The fourth-order valence-electron chi connectivity index (χ4n) is 3.99. The van der Waals surface area contributed by atoms with Gasteiger partial charge in [-0.15, -0.1) is 0 Å². The molecule has 0 amide bonds. The van der Waals surface area contributed by atoms with Gasteiger partial charge in [-0.2, -0.15) is 0 Å². The van der Waals surface area contributed by atoms with E-state index < -0.39 is 12.1 Å². The van der Waals surface area contributed by atoms with Crippen LogP contribution < -0.4 is 5.32 Å². The van der Waals surface area contributed by atoms with E-state index in [0.717, 1.165) is 12.8 Å². The van der Waals surface area contributed by atoms with Crippen molar-refractivity contribution >= 4 is 5.97 Å². The number of rotatable bonds is 10. The molecule has 0 spiro atoms. The Hall–Kier alpha value is -2.23. The summed E-state index contributed by atoms with van der Waals surface area (Å²) in [6.45, 7) is 1.33. The first-order chi connectivity index (χ1) is 14.5. The fourth-order valence-corrected chi connectivity index (χ4v) is 3.99. The number of aromatic amines is 1. The first kappa shape index (κ1) is 22.5. The molecule has 1 aliphatic carbocycles. The third-order valence-electron chi connectivity index (χ3n) is 5.60. The molecule has 1 aliphatic rings. The van der Waals surface area contributed by atoms with Gasteiger partial charge in [0.15, 0.2) is 0 Å². The largest absolute Gasteiger partial charge is 0.461 e. The van der Waals surface area contributed by atoms with Crippen molar-refractivity contribution in [1.82, 2.24) is 10.3 Å². The minimum Gasteiger partial charge on any atom is -0.461 e. The van der Waals surface area contributed by atoms with E-state index in [0.29, 0.717) is 45.6 Å². The molecule has 0 aliphatic heterocycles. The molecule has 1 aromatic carbocycles. The van der Waals surface area contributed by atoms with Crippen molar-refractivity contribution in [2.45, 2.75) is 52.2 Å². The Bertz CT molecular complexity index is 904. The van der Waals surface area contributed by atoms with Gasteiger partial charge in [-0.3, -0.25) is 0 Å². The van der Waals surface area contributed by atoms with Crippen molar-refractivity contribution in [3.63, 3.8) is 0 Å². The van der Waals surface area contributed by atoms with Crippen molar-refractivity contribution < 1.29 is 30.0 Å². The summed E-state index contributed by atoms with van der Waals surface area (Å²) in [7, 11) is 1.77. The molecule has 0 bridgehead atoms. The summed E-state index contributed by atoms with van der Waals surface area (Å²) >= 11 is 0. The topological polar surface area (TPSA) is 135 Å². The van der Waals surface area contributed by atoms with E-state index in [9.17, 15) is 25.2 Å². The predicted octanol–water partition coefficient (Wildman–Crippen LogP) is 1.50. The van der Waals surface area contributed by atoms with Gasteiger partial charge in [-0.25, -0.2) is 4.79 Å². The number of nitrogens with one attached hydrogen (secondary N) is 2. The lowest BCUT2D eigenvalue weighted by molar-refractivity contribution is 0.0511. The number of aliphatic hydroxyl groups excluding tert-OH is 4. The maximum atomic E-state index is 12.7. The molecule has 0 radical (unpaired) electrons. The van der Waals surface area contributed by atoms with Gasteiger partial charge in [0.1, 0.15) is 5.69 Å². The third kappa shape index (κ3) is 4.14. The third-order valence-corrected chi connectivity index (χ3v) is 5.60. The van der Waals surface area contributed by atoms with Gasteiger partial charge in [0.2, 0.25) is 0 Å². The van der Waals surface area contributed by atoms with Crippen LogP contribution in [0.15, 0.2) is 12.1 Å². The van der Waals surface area contributed by atoms with Gasteiger partial charge in [0.05, 0.1) is 32.5 Å². The van der Waals surface area contributed by atoms with Crippen LogP contribution in [0.4, 0.5) is 0 Å². The van der Waals surface area contributed by atoms with Crippen molar-refractivity contribution in [2.24, 2.45) is 5.92 Å². The van der Waals surface area contributed by atoms with E-state index in [1.807, 2.05) is 0 Å². The molecule has 6 N–H and O–H groups in total. The molecule has 8 heteroatoms. The van der Waals surface area contributed by atoms with E-state index in [-0.39, 0.29) is 38.0 Å². The van der Waals surface area contributed by atoms with Crippen LogP contribution in [-0.4, -0.2) is 45.0 Å². The van der Waals surface area contributed by atoms with Gasteiger partial charge in [0, 0.05) is 23.4 Å². The summed E-state index contributed by atoms with van der Waals surface area (Å²) in [4.78, 5) is 15.8. The van der Waals surface area contributed by atoms with Gasteiger partial charge < -0.3 is 35.5 Å². The molecule has 1 heterocycles. The Morgan fingerprint density at radius 2 is 1.90 bits per heavy atom. The highest BCUT2D eigenvalue weighted by Crippen LogP contribution is 2.47. The molecule has 164 valence electrons. The first-order valence-electron chi connectivity index (χ1n) is 10.2. The molecule has 0 saturated heterocycles. The van der Waals surface area contributed by atoms with Crippen LogP contribution in [0.2, 0.25) is 0 Å². The molecule has 8 nitrogen and oxygen atoms in total. The normalized spacial score (nSPS) is 14.7. The Morgan fingerprint density at radius 3 is 2.43 bits per heavy atom. The first-order valence-corrected chi connectivity index (χ1v) is 10.2. The number of H-pyrrole nitrogens is 1. The summed E-state index contributed by atoms with van der Waals surface area (Å²) in [5, 5.41) is 43.7. The van der Waals surface area contributed by atoms with Crippen LogP contribution in [-0.2, 0) is 31.1 Å². The molecule has 1 saturated carbocycles. The number of esters is 1. The lowest BCUT2D eigenvalue weighted by Crippen LogP contribution is -2.12. The SMILES string of the molecule is CCOC(=O)c1[nH]c(CNC)c(-c2ccc(CO)c(CO)c2CO)c1C(O)C1CC1. The number of aliphatic hydroxyl groups is 4. The monoisotopic (exact) mass is 418 g/mol. The van der Waals surface area contributed by atoms with Gasteiger partial charge in [0.25, 0.3) is 0 Å². The van der Waals surface area contributed by atoms with Crippen molar-refractivity contribution in [1.29, 1.82) is 0 Å². The number of hydrogen-bond acceptors (Lipinski definition) is 7. The summed E-state index contributed by atoms with van der Waals surface area (Å²) < 4.78 is 5.22. The van der Waals surface area contributed by atoms with Gasteiger partial charge >= 0.3 is 5.97 Å². The Balaban J connectivity index is 2.31. The maximum absolute atomic E-state index is 12.7. The van der Waals surface area contributed by atoms with Crippen LogP contribution >= 0.6 is 0 Å². The second-order valence-corrected chi connectivity index (χ2v) is 7.50. The molecule has 3 rings (SSSR count). The number of carbonyl (C=O) groups is 1. The minimum atomic E-state index is -0.858. The summed E-state index contributed by atoms with van der Waals surface area (Å²) in [6.07, 6.45) is 0.879. The lowest BCUT2D eigenvalue weighted by atomic mass is 9.88. The standard InChI is InChI=1S/C22H30N2O6/c1-3-30-22(29)20-19(21(28)12-4-5-12)18(17(24-20)8-23-2)14-7-6-13(9-25)15(10-26)16(14)11-27/h6-7,12,21,23-28H,3-5,8-11H2,1-2H3. The van der Waals surface area contributed by atoms with E-state index in [1.54, 1.807) is 26.1 Å². The quantitative estimate of drug-likeness (QED) is 0.322. The molecular weight excluding hydrogens is 388 g/mol. The van der Waals surface area contributed by atoms with Crippen LogP contribution in [0, 0.1) is 5.92 Å². The van der Waals surface area contributed by atoms with Crippen LogP contribution in [0.1, 0.15) is 64.3 Å². The highest BCUT2D eigenvalue weighted by molar-refractivity contribution is 5.94. The summed E-state index contributed by atoms with van der Waals surface area (Å²) in [5.41, 5.74) is 3.98. The molecule has 2 aromatic rings. The zero-order valence-corrected chi connectivity index (χ0v) is 17.4. The molecule has 1 unspecified atom stereocenters. The lowest BCUT2D eigenvalue weighted by Gasteiger charge is -2.19. The zero-order valence-electron chi connectivity index (χ0n) is 17.4. The number of carbonyl (C=O) groups excluding carboxylic acids is 1. The van der Waals surface area contributed by atoms with Crippen molar-refractivity contribution in [3.05, 3.63) is 45.8 Å². The van der Waals surface area contributed by atoms with Crippen LogP contribution in [0.25, 0.3) is 11.1 Å². The van der Waals surface area contributed by atoms with E-state index >= 15 is 0 Å². The molecule has 1 fully saturated rings. The summed E-state index contributed by atoms with van der Waals surface area (Å²) in [6, 6.07) is 3.43. The average molecular weight is 418 g/mol. The molecule has 30 heavy (non-hydrogen) atoms.